The van der Waals surface area contributed by atoms with E-state index in [0.717, 1.165) is 19.0 Å². The van der Waals surface area contributed by atoms with Gasteiger partial charge < -0.3 is 10.1 Å². The second kappa shape index (κ2) is 7.30. The van der Waals surface area contributed by atoms with Gasteiger partial charge >= 0.3 is 0 Å². The van der Waals surface area contributed by atoms with E-state index in [0.29, 0.717) is 25.3 Å². The third kappa shape index (κ3) is 4.68. The van der Waals surface area contributed by atoms with Crippen molar-refractivity contribution in [3.05, 3.63) is 35.4 Å². The molecule has 90 valence electrons. The van der Waals surface area contributed by atoms with Crippen molar-refractivity contribution in [1.29, 1.82) is 0 Å². The van der Waals surface area contributed by atoms with Gasteiger partial charge in [-0.15, -0.1) is 0 Å². The fourth-order valence-electron chi connectivity index (χ4n) is 1.33. The van der Waals surface area contributed by atoms with E-state index in [9.17, 15) is 8.78 Å². The fourth-order valence-corrected chi connectivity index (χ4v) is 1.33. The number of hydrogen-bond donors (Lipinski definition) is 1. The summed E-state index contributed by atoms with van der Waals surface area (Å²) in [6.07, 6.45) is 0.886. The summed E-state index contributed by atoms with van der Waals surface area (Å²) in [6.45, 7) is 4.54. The summed E-state index contributed by atoms with van der Waals surface area (Å²) in [7, 11) is 0. The molecule has 0 spiro atoms. The normalized spacial score (nSPS) is 10.7. The van der Waals surface area contributed by atoms with Crippen LogP contribution >= 0.6 is 0 Å². The molecule has 0 unspecified atom stereocenters. The Kier molecular flexibility index (Phi) is 5.96. The highest BCUT2D eigenvalue weighted by molar-refractivity contribution is 5.18. The third-order valence-corrected chi connectivity index (χ3v) is 2.18. The highest BCUT2D eigenvalue weighted by Crippen LogP contribution is 2.08. The maximum Gasteiger partial charge on any atom is 0.130 e. The minimum absolute atomic E-state index is 0.415. The van der Waals surface area contributed by atoms with Crippen LogP contribution in [-0.4, -0.2) is 19.8 Å². The molecule has 1 aromatic rings. The first-order valence-electron chi connectivity index (χ1n) is 5.46. The zero-order valence-electron chi connectivity index (χ0n) is 9.43. The minimum Gasteiger partial charge on any atom is -0.382 e. The van der Waals surface area contributed by atoms with E-state index in [2.05, 4.69) is 5.32 Å². The Hall–Kier alpha value is -1.00. The average molecular weight is 229 g/mol. The van der Waals surface area contributed by atoms with Crippen molar-refractivity contribution in [2.24, 2.45) is 0 Å². The summed E-state index contributed by atoms with van der Waals surface area (Å²) in [5, 5.41) is 3.08. The van der Waals surface area contributed by atoms with E-state index in [1.54, 1.807) is 0 Å². The lowest BCUT2D eigenvalue weighted by molar-refractivity contribution is 0.144. The van der Waals surface area contributed by atoms with Gasteiger partial charge in [-0.2, -0.15) is 0 Å². The van der Waals surface area contributed by atoms with Crippen LogP contribution in [0.25, 0.3) is 0 Å². The van der Waals surface area contributed by atoms with E-state index in [-0.39, 0.29) is 0 Å². The van der Waals surface area contributed by atoms with Crippen LogP contribution in [0.1, 0.15) is 18.9 Å². The molecule has 0 heterocycles. The van der Waals surface area contributed by atoms with Crippen LogP contribution < -0.4 is 5.32 Å². The van der Waals surface area contributed by atoms with Crippen LogP contribution in [0.15, 0.2) is 18.2 Å². The molecule has 0 aliphatic carbocycles. The van der Waals surface area contributed by atoms with Crippen molar-refractivity contribution in [2.45, 2.75) is 19.9 Å². The number of hydrogen-bond acceptors (Lipinski definition) is 2. The molecule has 16 heavy (non-hydrogen) atoms. The standard InChI is InChI=1S/C12H17F2NO/c1-2-16-7-3-6-15-9-10-4-5-11(13)8-12(10)14/h4-5,8,15H,2-3,6-7,9H2,1H3. The van der Waals surface area contributed by atoms with Crippen molar-refractivity contribution >= 4 is 0 Å². The first-order valence-corrected chi connectivity index (χ1v) is 5.46. The highest BCUT2D eigenvalue weighted by atomic mass is 19.1. The Morgan fingerprint density at radius 3 is 2.81 bits per heavy atom. The van der Waals surface area contributed by atoms with Gasteiger partial charge in [-0.3, -0.25) is 0 Å². The molecule has 0 bridgehead atoms. The SMILES string of the molecule is CCOCCCNCc1ccc(F)cc1F. The molecule has 4 heteroatoms. The molecule has 1 aromatic carbocycles. The predicted octanol–water partition coefficient (Wildman–Crippen LogP) is 2.48. The molecule has 0 aliphatic rings. The lowest BCUT2D eigenvalue weighted by atomic mass is 10.2. The van der Waals surface area contributed by atoms with Crippen molar-refractivity contribution in [1.82, 2.24) is 5.32 Å². The van der Waals surface area contributed by atoms with E-state index in [1.165, 1.54) is 12.1 Å². The first kappa shape index (κ1) is 13.1. The third-order valence-electron chi connectivity index (χ3n) is 2.18. The average Bonchev–Trinajstić information content (AvgIpc) is 2.26. The number of halogens is 2. The number of benzene rings is 1. The molecule has 1 rings (SSSR count). The quantitative estimate of drug-likeness (QED) is 0.725. The van der Waals surface area contributed by atoms with Gasteiger partial charge in [0.1, 0.15) is 11.6 Å². The molecular weight excluding hydrogens is 212 g/mol. The predicted molar refractivity (Wildman–Crippen MR) is 59.2 cm³/mol. The largest absolute Gasteiger partial charge is 0.382 e. The molecular formula is C12H17F2NO. The van der Waals surface area contributed by atoms with Crippen LogP contribution in [0.2, 0.25) is 0 Å². The van der Waals surface area contributed by atoms with Crippen LogP contribution in [0, 0.1) is 11.6 Å². The van der Waals surface area contributed by atoms with Gasteiger partial charge in [0.05, 0.1) is 0 Å². The molecule has 0 saturated heterocycles. The summed E-state index contributed by atoms with van der Waals surface area (Å²) < 4.78 is 30.9. The second-order valence-corrected chi connectivity index (χ2v) is 3.46. The van der Waals surface area contributed by atoms with E-state index >= 15 is 0 Å². The fraction of sp³-hybridized carbons (Fsp3) is 0.500. The Morgan fingerprint density at radius 2 is 2.12 bits per heavy atom. The summed E-state index contributed by atoms with van der Waals surface area (Å²) in [4.78, 5) is 0. The number of rotatable bonds is 7. The van der Waals surface area contributed by atoms with Gasteiger partial charge in [0.2, 0.25) is 0 Å². The summed E-state index contributed by atoms with van der Waals surface area (Å²) in [5.74, 6) is -1.05. The van der Waals surface area contributed by atoms with Crippen molar-refractivity contribution in [2.75, 3.05) is 19.8 Å². The van der Waals surface area contributed by atoms with Crippen LogP contribution in [0.5, 0.6) is 0 Å². The molecule has 0 aromatic heterocycles. The zero-order chi connectivity index (χ0) is 11.8. The summed E-state index contributed by atoms with van der Waals surface area (Å²) >= 11 is 0. The van der Waals surface area contributed by atoms with Gasteiger partial charge in [-0.05, 0) is 26.0 Å². The van der Waals surface area contributed by atoms with Crippen LogP contribution in [-0.2, 0) is 11.3 Å². The molecule has 0 aliphatic heterocycles. The molecule has 1 N–H and O–H groups in total. The maximum absolute atomic E-state index is 13.2. The van der Waals surface area contributed by atoms with Gasteiger partial charge in [-0.1, -0.05) is 6.07 Å². The van der Waals surface area contributed by atoms with Gasteiger partial charge in [0.15, 0.2) is 0 Å². The van der Waals surface area contributed by atoms with E-state index < -0.39 is 11.6 Å². The number of nitrogens with one attached hydrogen (secondary N) is 1. The smallest absolute Gasteiger partial charge is 0.130 e. The molecule has 2 nitrogen and oxygen atoms in total. The van der Waals surface area contributed by atoms with Crippen molar-refractivity contribution in [3.8, 4) is 0 Å². The highest BCUT2D eigenvalue weighted by Gasteiger charge is 2.02. The molecule has 0 radical (unpaired) electrons. The Balaban J connectivity index is 2.21. The molecule has 0 atom stereocenters. The second-order valence-electron chi connectivity index (χ2n) is 3.46. The summed E-state index contributed by atoms with van der Waals surface area (Å²) in [6, 6.07) is 3.62. The topological polar surface area (TPSA) is 21.3 Å². The molecule has 0 fully saturated rings. The molecule has 0 saturated carbocycles. The minimum atomic E-state index is -0.544. The van der Waals surface area contributed by atoms with Gasteiger partial charge in [0, 0.05) is 31.4 Å². The Bertz CT molecular complexity index is 318. The maximum atomic E-state index is 13.2. The van der Waals surface area contributed by atoms with Crippen molar-refractivity contribution < 1.29 is 13.5 Å². The van der Waals surface area contributed by atoms with E-state index in [1.807, 2.05) is 6.92 Å². The molecule has 0 amide bonds. The summed E-state index contributed by atoms with van der Waals surface area (Å²) in [5.41, 5.74) is 0.484. The number of ether oxygens (including phenoxy) is 1. The lowest BCUT2D eigenvalue weighted by Crippen LogP contribution is -2.17. The van der Waals surface area contributed by atoms with Crippen LogP contribution in [0.3, 0.4) is 0 Å². The van der Waals surface area contributed by atoms with E-state index in [4.69, 9.17) is 4.74 Å². The first-order chi connectivity index (χ1) is 7.74. The van der Waals surface area contributed by atoms with Crippen molar-refractivity contribution in [3.63, 3.8) is 0 Å². The Morgan fingerprint density at radius 1 is 1.31 bits per heavy atom. The van der Waals surface area contributed by atoms with Crippen LogP contribution in [0.4, 0.5) is 8.78 Å². The zero-order valence-corrected chi connectivity index (χ0v) is 9.43. The van der Waals surface area contributed by atoms with Gasteiger partial charge in [-0.25, -0.2) is 8.78 Å². The monoisotopic (exact) mass is 229 g/mol. The van der Waals surface area contributed by atoms with Gasteiger partial charge in [0.25, 0.3) is 0 Å². The Labute approximate surface area is 94.6 Å². The lowest BCUT2D eigenvalue weighted by Gasteiger charge is -2.06.